The van der Waals surface area contributed by atoms with E-state index in [1.165, 1.54) is 6.07 Å². The molecule has 1 aromatic carbocycles. The van der Waals surface area contributed by atoms with E-state index in [0.717, 1.165) is 5.56 Å². The van der Waals surface area contributed by atoms with Crippen molar-refractivity contribution in [3.05, 3.63) is 52.1 Å². The van der Waals surface area contributed by atoms with Gasteiger partial charge in [-0.25, -0.2) is 4.39 Å². The van der Waals surface area contributed by atoms with Crippen LogP contribution in [-0.4, -0.2) is 0 Å². The van der Waals surface area contributed by atoms with Crippen molar-refractivity contribution >= 4 is 15.9 Å². The number of benzene rings is 1. The van der Waals surface area contributed by atoms with Gasteiger partial charge in [-0.05, 0) is 40.2 Å². The molecular weight excluding hydrogens is 289 g/mol. The highest BCUT2D eigenvalue weighted by Gasteiger charge is 2.06. The van der Waals surface area contributed by atoms with E-state index in [-0.39, 0.29) is 12.4 Å². The van der Waals surface area contributed by atoms with Gasteiger partial charge >= 0.3 is 0 Å². The van der Waals surface area contributed by atoms with Crippen molar-refractivity contribution in [1.29, 1.82) is 0 Å². The highest BCUT2D eigenvalue weighted by atomic mass is 79.9. The van der Waals surface area contributed by atoms with Gasteiger partial charge in [-0.1, -0.05) is 0 Å². The predicted octanol–water partition coefficient (Wildman–Crippen LogP) is 3.22. The predicted molar refractivity (Wildman–Crippen MR) is 65.0 cm³/mol. The van der Waals surface area contributed by atoms with E-state index in [4.69, 9.17) is 14.9 Å². The summed E-state index contributed by atoms with van der Waals surface area (Å²) in [4.78, 5) is 0. The van der Waals surface area contributed by atoms with E-state index in [1.807, 2.05) is 0 Å². The van der Waals surface area contributed by atoms with Gasteiger partial charge in [0.25, 0.3) is 0 Å². The Kier molecular flexibility index (Phi) is 3.81. The molecule has 0 aliphatic rings. The topological polar surface area (TPSA) is 48.4 Å². The van der Waals surface area contributed by atoms with Crippen molar-refractivity contribution in [2.75, 3.05) is 0 Å². The summed E-state index contributed by atoms with van der Waals surface area (Å²) in [6.45, 7) is 0.680. The van der Waals surface area contributed by atoms with E-state index in [1.54, 1.807) is 24.5 Å². The van der Waals surface area contributed by atoms with E-state index >= 15 is 0 Å². The van der Waals surface area contributed by atoms with E-state index < -0.39 is 0 Å². The molecule has 0 aliphatic heterocycles. The van der Waals surface area contributed by atoms with Crippen molar-refractivity contribution in [3.8, 4) is 5.75 Å². The van der Waals surface area contributed by atoms with Crippen LogP contribution in [-0.2, 0) is 13.2 Å². The van der Waals surface area contributed by atoms with Gasteiger partial charge in [-0.2, -0.15) is 0 Å². The van der Waals surface area contributed by atoms with Crippen LogP contribution in [0.1, 0.15) is 11.3 Å². The molecule has 0 amide bonds. The molecule has 1 aromatic heterocycles. The first-order chi connectivity index (χ1) is 8.20. The minimum absolute atomic E-state index is 0.275. The van der Waals surface area contributed by atoms with Crippen molar-refractivity contribution < 1.29 is 13.5 Å². The fraction of sp³-hybridized carbons (Fsp3) is 0.167. The highest BCUT2D eigenvalue weighted by molar-refractivity contribution is 9.10. The maximum absolute atomic E-state index is 13.0. The second-order valence-electron chi connectivity index (χ2n) is 3.44. The van der Waals surface area contributed by atoms with Crippen LogP contribution in [0.15, 0.2) is 39.4 Å². The zero-order valence-electron chi connectivity index (χ0n) is 8.95. The van der Waals surface area contributed by atoms with E-state index in [9.17, 15) is 4.39 Å². The largest absolute Gasteiger partial charge is 0.486 e. The van der Waals surface area contributed by atoms with E-state index in [0.29, 0.717) is 22.5 Å². The van der Waals surface area contributed by atoms with Gasteiger partial charge in [-0.15, -0.1) is 0 Å². The molecule has 0 saturated carbocycles. The molecule has 0 aliphatic carbocycles. The number of hydrogen-bond donors (Lipinski definition) is 1. The molecule has 0 bridgehead atoms. The highest BCUT2D eigenvalue weighted by Crippen LogP contribution is 2.23. The minimum Gasteiger partial charge on any atom is -0.486 e. The molecule has 2 rings (SSSR count). The maximum Gasteiger partial charge on any atom is 0.146 e. The van der Waals surface area contributed by atoms with Crippen molar-refractivity contribution in [2.45, 2.75) is 13.2 Å². The lowest BCUT2D eigenvalue weighted by Gasteiger charge is -2.06. The molecule has 5 heteroatoms. The van der Waals surface area contributed by atoms with Crippen LogP contribution in [0, 0.1) is 5.82 Å². The number of furan rings is 1. The molecule has 2 aromatic rings. The Morgan fingerprint density at radius 3 is 2.88 bits per heavy atom. The summed E-state index contributed by atoms with van der Waals surface area (Å²) in [7, 11) is 0. The first-order valence-electron chi connectivity index (χ1n) is 5.04. The molecule has 0 fully saturated rings. The maximum atomic E-state index is 13.0. The summed E-state index contributed by atoms with van der Waals surface area (Å²) in [5.41, 5.74) is 6.44. The summed E-state index contributed by atoms with van der Waals surface area (Å²) >= 11 is 3.09. The van der Waals surface area contributed by atoms with Crippen LogP contribution in [0.5, 0.6) is 5.75 Å². The van der Waals surface area contributed by atoms with Crippen LogP contribution in [0.25, 0.3) is 0 Å². The lowest BCUT2D eigenvalue weighted by Crippen LogP contribution is -2.02. The second-order valence-corrected chi connectivity index (χ2v) is 4.29. The Bertz CT molecular complexity index is 513. The average molecular weight is 300 g/mol. The van der Waals surface area contributed by atoms with Crippen LogP contribution in [0.4, 0.5) is 4.39 Å². The Hall–Kier alpha value is -1.33. The standard InChI is InChI=1S/C12H11BrFNO2/c13-10-5-9(1-2-11(10)14)17-7-12-8(6-15)3-4-16-12/h1-5H,6-7,15H2. The third-order valence-electron chi connectivity index (χ3n) is 2.32. The molecule has 0 saturated heterocycles. The summed E-state index contributed by atoms with van der Waals surface area (Å²) in [6.07, 6.45) is 1.57. The minimum atomic E-state index is -0.321. The van der Waals surface area contributed by atoms with Crippen LogP contribution < -0.4 is 10.5 Å². The quantitative estimate of drug-likeness (QED) is 0.943. The third kappa shape index (κ3) is 2.87. The van der Waals surface area contributed by atoms with Crippen LogP contribution in [0.3, 0.4) is 0 Å². The molecule has 1 heterocycles. The number of nitrogens with two attached hydrogens (primary N) is 1. The molecule has 90 valence electrons. The Morgan fingerprint density at radius 1 is 1.35 bits per heavy atom. The second kappa shape index (κ2) is 5.33. The van der Waals surface area contributed by atoms with Gasteiger partial charge in [0.2, 0.25) is 0 Å². The third-order valence-corrected chi connectivity index (χ3v) is 2.93. The van der Waals surface area contributed by atoms with Gasteiger partial charge < -0.3 is 14.9 Å². The van der Waals surface area contributed by atoms with E-state index in [2.05, 4.69) is 15.9 Å². The molecule has 0 spiro atoms. The summed E-state index contributed by atoms with van der Waals surface area (Å²) in [5.74, 6) is 0.934. The van der Waals surface area contributed by atoms with Gasteiger partial charge in [-0.3, -0.25) is 0 Å². The molecule has 0 radical (unpaired) electrons. The fourth-order valence-corrected chi connectivity index (χ4v) is 1.75. The molecule has 17 heavy (non-hydrogen) atoms. The summed E-state index contributed by atoms with van der Waals surface area (Å²) in [5, 5.41) is 0. The van der Waals surface area contributed by atoms with Gasteiger partial charge in [0.05, 0.1) is 10.7 Å². The van der Waals surface area contributed by atoms with Crippen LogP contribution >= 0.6 is 15.9 Å². The molecule has 0 unspecified atom stereocenters. The first-order valence-corrected chi connectivity index (χ1v) is 5.83. The number of halogens is 2. The zero-order chi connectivity index (χ0) is 12.3. The Balaban J connectivity index is 2.05. The summed E-state index contributed by atoms with van der Waals surface area (Å²) in [6, 6.07) is 6.27. The lowest BCUT2D eigenvalue weighted by atomic mass is 10.2. The molecular formula is C12H11BrFNO2. The lowest BCUT2D eigenvalue weighted by molar-refractivity contribution is 0.268. The van der Waals surface area contributed by atoms with Crippen molar-refractivity contribution in [3.63, 3.8) is 0 Å². The zero-order valence-corrected chi connectivity index (χ0v) is 10.5. The molecule has 2 N–H and O–H groups in total. The van der Waals surface area contributed by atoms with Gasteiger partial charge in [0, 0.05) is 12.1 Å². The van der Waals surface area contributed by atoms with Crippen LogP contribution in [0.2, 0.25) is 0 Å². The van der Waals surface area contributed by atoms with Crippen molar-refractivity contribution in [1.82, 2.24) is 0 Å². The number of ether oxygens (including phenoxy) is 1. The smallest absolute Gasteiger partial charge is 0.146 e. The molecule has 3 nitrogen and oxygen atoms in total. The first kappa shape index (κ1) is 12.1. The normalized spacial score (nSPS) is 10.5. The van der Waals surface area contributed by atoms with Gasteiger partial charge in [0.1, 0.15) is 23.9 Å². The SMILES string of the molecule is NCc1ccoc1COc1ccc(F)c(Br)c1. The Labute approximate surface area is 106 Å². The monoisotopic (exact) mass is 299 g/mol. The Morgan fingerprint density at radius 2 is 2.18 bits per heavy atom. The average Bonchev–Trinajstić information content (AvgIpc) is 2.78. The van der Waals surface area contributed by atoms with Crippen molar-refractivity contribution in [2.24, 2.45) is 5.73 Å². The number of hydrogen-bond acceptors (Lipinski definition) is 3. The fourth-order valence-electron chi connectivity index (χ4n) is 1.39. The summed E-state index contributed by atoms with van der Waals surface area (Å²) < 4.78 is 24.1. The van der Waals surface area contributed by atoms with Gasteiger partial charge in [0.15, 0.2) is 0 Å². The number of rotatable bonds is 4. The molecule has 0 atom stereocenters.